The molecule has 3 rings (SSSR count). The van der Waals surface area contributed by atoms with E-state index in [1.807, 2.05) is 32.1 Å². The normalized spacial score (nSPS) is 11.6. The molecule has 0 saturated heterocycles. The van der Waals surface area contributed by atoms with Crippen molar-refractivity contribution in [1.29, 1.82) is 0 Å². The van der Waals surface area contributed by atoms with Gasteiger partial charge in [-0.25, -0.2) is 51.2 Å². The van der Waals surface area contributed by atoms with Crippen LogP contribution in [0.15, 0.2) is 0 Å². The first-order chi connectivity index (χ1) is 15.1. The summed E-state index contributed by atoms with van der Waals surface area (Å²) in [4.78, 5) is 0. The molecule has 1 saturated carbocycles. The van der Waals surface area contributed by atoms with Crippen molar-refractivity contribution >= 4 is 18.2 Å². The van der Waals surface area contributed by atoms with Crippen LogP contribution >= 0.6 is 0 Å². The summed E-state index contributed by atoms with van der Waals surface area (Å²) in [5, 5.41) is 0. The first kappa shape index (κ1) is 33.0. The molecule has 0 unspecified atom stereocenters. The van der Waals surface area contributed by atoms with Crippen LogP contribution in [0.4, 0.5) is 43.9 Å². The summed E-state index contributed by atoms with van der Waals surface area (Å²) < 4.78 is 146. The molecule has 0 aliphatic heterocycles. The topological polar surface area (TPSA) is 39.8 Å². The minimum Gasteiger partial charge on any atom is -0.0312 e. The van der Waals surface area contributed by atoms with Gasteiger partial charge in [0.05, 0.1) is 0 Å². The van der Waals surface area contributed by atoms with Crippen LogP contribution in [-0.2, 0) is 26.4 Å². The van der Waals surface area contributed by atoms with E-state index in [4.69, 9.17) is 9.30 Å². The van der Waals surface area contributed by atoms with E-state index in [1.54, 1.807) is 0 Å². The monoisotopic (exact) mass is 522 g/mol. The zero-order chi connectivity index (χ0) is 25.2. The summed E-state index contributed by atoms with van der Waals surface area (Å²) in [6.45, 7) is 9.00. The predicted octanol–water partition coefficient (Wildman–Crippen LogP) is 3.68. The third-order valence-electron chi connectivity index (χ3n) is 3.33. The molecule has 0 aromatic heterocycles. The Morgan fingerprint density at radius 1 is 0.394 bits per heavy atom. The molecule has 2 aromatic carbocycles. The standard InChI is InChI=1S/C12BF10.C5H5.2CO.Fe/c14-3-1(4(15)8(19)11(22)7(3)18)13-2-5(16)9(20)12(23)10(21)6(2)17;1-2-4-5-3-1;2*1-2;/h;1-5H;;;/q-1;;;;+2. The molecule has 1 fully saturated rings. The van der Waals surface area contributed by atoms with Gasteiger partial charge in [-0.05, 0) is 32.1 Å². The van der Waals surface area contributed by atoms with Crippen LogP contribution in [0.25, 0.3) is 0 Å². The molecular formula is C19H5BF10FeO2+. The second-order valence-corrected chi connectivity index (χ2v) is 5.07. The Hall–Kier alpha value is -2.20. The molecule has 1 aliphatic rings. The maximum absolute atomic E-state index is 13.4. The Labute approximate surface area is 192 Å². The first-order valence-electron chi connectivity index (χ1n) is 7.54. The maximum atomic E-state index is 13.4. The molecule has 2 aromatic rings. The molecule has 1 aliphatic carbocycles. The van der Waals surface area contributed by atoms with Gasteiger partial charge in [0.2, 0.25) is 0 Å². The van der Waals surface area contributed by atoms with Gasteiger partial charge < -0.3 is 0 Å². The summed E-state index contributed by atoms with van der Waals surface area (Å²) in [5.41, 5.74) is -3.71. The van der Waals surface area contributed by atoms with E-state index >= 15 is 0 Å². The second-order valence-electron chi connectivity index (χ2n) is 5.07. The molecule has 14 heteroatoms. The molecule has 0 atom stereocenters. The number of hydrogen-bond donors (Lipinski definition) is 0. The summed E-state index contributed by atoms with van der Waals surface area (Å²) in [7, 11) is -0.369. The van der Waals surface area contributed by atoms with Crippen LogP contribution in [0.2, 0.25) is 0 Å². The van der Waals surface area contributed by atoms with Crippen LogP contribution in [0.1, 0.15) is 0 Å². The SMILES string of the molecule is Fc1c(F)c(F)c([B-]c2c(F)c(F)c(F)c(F)c2F)c(F)c1F.[C-]#[O+].[C-]#[O+].[CH]1[CH][CH][CH][CH]1.[Fe+2]. The van der Waals surface area contributed by atoms with E-state index in [2.05, 4.69) is 13.3 Å². The Bertz CT molecular complexity index is 855. The molecule has 7 radical (unpaired) electrons. The molecule has 33 heavy (non-hydrogen) atoms. The number of halogens is 10. The third kappa shape index (κ3) is 7.67. The van der Waals surface area contributed by atoms with Crippen molar-refractivity contribution < 1.29 is 70.3 Å². The smallest absolute Gasteiger partial charge is 0.0312 e. The van der Waals surface area contributed by atoms with Gasteiger partial charge in [0, 0.05) is 0 Å². The van der Waals surface area contributed by atoms with Crippen molar-refractivity contribution in [3.05, 3.63) is 104 Å². The van der Waals surface area contributed by atoms with Crippen LogP contribution < -0.4 is 10.9 Å². The van der Waals surface area contributed by atoms with E-state index < -0.39 is 69.1 Å². The van der Waals surface area contributed by atoms with Crippen molar-refractivity contribution in [2.45, 2.75) is 0 Å². The second kappa shape index (κ2) is 15.6. The van der Waals surface area contributed by atoms with Gasteiger partial charge in [0.25, 0.3) is 0 Å². The fourth-order valence-corrected chi connectivity index (χ4v) is 1.96. The largest absolute Gasteiger partial charge is 2.00 e. The van der Waals surface area contributed by atoms with Gasteiger partial charge in [-0.3, -0.25) is 0 Å². The van der Waals surface area contributed by atoms with Crippen LogP contribution in [-0.4, -0.2) is 7.28 Å². The van der Waals surface area contributed by atoms with Crippen LogP contribution in [0.3, 0.4) is 0 Å². The van der Waals surface area contributed by atoms with Crippen LogP contribution in [0, 0.1) is 104 Å². The Balaban J connectivity index is 0. The van der Waals surface area contributed by atoms with Crippen LogP contribution in [0.5, 0.6) is 0 Å². The summed E-state index contributed by atoms with van der Waals surface area (Å²) in [5.74, 6) is -24.9. The zero-order valence-electron chi connectivity index (χ0n) is 15.4. The van der Waals surface area contributed by atoms with Crippen molar-refractivity contribution in [2.75, 3.05) is 0 Å². The molecule has 0 N–H and O–H groups in total. The molecule has 0 spiro atoms. The number of hydrogen-bond acceptors (Lipinski definition) is 0. The van der Waals surface area contributed by atoms with Gasteiger partial charge in [0.1, 0.15) is 23.3 Å². The summed E-state index contributed by atoms with van der Waals surface area (Å²) in [6.07, 6.45) is 10.0. The third-order valence-corrected chi connectivity index (χ3v) is 3.33. The average molecular weight is 522 g/mol. The Morgan fingerprint density at radius 2 is 0.545 bits per heavy atom. The van der Waals surface area contributed by atoms with Crippen molar-refractivity contribution in [1.82, 2.24) is 0 Å². The zero-order valence-corrected chi connectivity index (χ0v) is 16.5. The predicted molar refractivity (Wildman–Crippen MR) is 86.8 cm³/mol. The minimum absolute atomic E-state index is 0. The fourth-order valence-electron chi connectivity index (χ4n) is 1.96. The molecule has 0 heterocycles. The molecule has 173 valence electrons. The van der Waals surface area contributed by atoms with Gasteiger partial charge in [0.15, 0.2) is 34.9 Å². The number of rotatable bonds is 2. The quantitative estimate of drug-likeness (QED) is 0.144. The molecule has 0 amide bonds. The minimum atomic E-state index is -2.55. The van der Waals surface area contributed by atoms with Gasteiger partial charge >= 0.3 is 39.7 Å². The average Bonchev–Trinajstić information content (AvgIpc) is 3.41. The van der Waals surface area contributed by atoms with E-state index in [1.165, 1.54) is 0 Å². The van der Waals surface area contributed by atoms with Gasteiger partial charge in [-0.15, -0.1) is 0 Å². The fraction of sp³-hybridized carbons (Fsp3) is 0. The Kier molecular flexibility index (Phi) is 15.6. The van der Waals surface area contributed by atoms with Gasteiger partial charge in [-0.1, -0.05) is 0 Å². The number of benzene rings is 2. The van der Waals surface area contributed by atoms with E-state index in [0.29, 0.717) is 0 Å². The summed E-state index contributed by atoms with van der Waals surface area (Å²) in [6, 6.07) is 0. The van der Waals surface area contributed by atoms with E-state index in [9.17, 15) is 43.9 Å². The first-order valence-corrected chi connectivity index (χ1v) is 7.54. The molecule has 2 nitrogen and oxygen atoms in total. The molecule has 0 bridgehead atoms. The maximum Gasteiger partial charge on any atom is 2.00 e. The Morgan fingerprint density at radius 3 is 0.727 bits per heavy atom. The molecular weight excluding hydrogens is 517 g/mol. The van der Waals surface area contributed by atoms with Crippen molar-refractivity contribution in [3.63, 3.8) is 0 Å². The van der Waals surface area contributed by atoms with E-state index in [0.717, 1.165) is 0 Å². The van der Waals surface area contributed by atoms with Crippen molar-refractivity contribution in [3.8, 4) is 0 Å². The van der Waals surface area contributed by atoms with Gasteiger partial charge in [-0.2, -0.15) is 10.9 Å². The van der Waals surface area contributed by atoms with E-state index in [-0.39, 0.29) is 24.3 Å². The summed E-state index contributed by atoms with van der Waals surface area (Å²) >= 11 is 0. The van der Waals surface area contributed by atoms with Crippen molar-refractivity contribution in [2.24, 2.45) is 0 Å².